The number of thiazole rings is 1. The van der Waals surface area contributed by atoms with E-state index in [1.165, 1.54) is 17.4 Å². The Labute approximate surface area is 86.7 Å². The molecule has 0 aliphatic carbocycles. The predicted molar refractivity (Wildman–Crippen MR) is 57.8 cm³/mol. The Balaban J connectivity index is 2.79. The third-order valence-electron chi connectivity index (χ3n) is 1.51. The lowest BCUT2D eigenvalue weighted by Gasteiger charge is -1.86. The van der Waals surface area contributed by atoms with Crippen LogP contribution in [0.4, 0.5) is 0 Å². The minimum atomic E-state index is -0.235. The Morgan fingerprint density at radius 1 is 1.57 bits per heavy atom. The normalized spacial score (nSPS) is 13.1. The summed E-state index contributed by atoms with van der Waals surface area (Å²) in [6.07, 6.45) is 8.64. The van der Waals surface area contributed by atoms with Crippen molar-refractivity contribution in [2.24, 2.45) is 12.0 Å². The quantitative estimate of drug-likeness (QED) is 0.537. The summed E-state index contributed by atoms with van der Waals surface area (Å²) in [6.45, 7) is 1.89. The van der Waals surface area contributed by atoms with Gasteiger partial charge in [-0.05, 0) is 6.92 Å². The minimum absolute atomic E-state index is 0.235. The van der Waals surface area contributed by atoms with Crippen LogP contribution in [0.3, 0.4) is 0 Å². The summed E-state index contributed by atoms with van der Waals surface area (Å²) in [7, 11) is 1.86. The molecule has 3 nitrogen and oxygen atoms in total. The van der Waals surface area contributed by atoms with Gasteiger partial charge in [-0.1, -0.05) is 18.2 Å². The molecule has 0 aliphatic heterocycles. The first-order chi connectivity index (χ1) is 6.74. The molecular weight excluding hydrogens is 196 g/mol. The number of carbonyl (C=O) groups excluding carboxylic acids is 1. The van der Waals surface area contributed by atoms with Gasteiger partial charge >= 0.3 is 0 Å². The molecule has 1 aromatic rings. The van der Waals surface area contributed by atoms with Gasteiger partial charge in [0.2, 0.25) is 0 Å². The van der Waals surface area contributed by atoms with Crippen LogP contribution in [0, 0.1) is 0 Å². The number of amides is 1. The molecule has 0 atom stereocenters. The summed E-state index contributed by atoms with van der Waals surface area (Å²) in [6, 6.07) is 0. The first-order valence-electron chi connectivity index (χ1n) is 4.22. The standard InChI is InChI=1S/C10H12N2OS/c1-3-4-5-6-9(13)11-10-12(2)7-8-14-10/h3-8H,1-2H3/b4-3+,6-5+,11-10?. The van der Waals surface area contributed by atoms with Gasteiger partial charge in [0.1, 0.15) is 0 Å². The summed E-state index contributed by atoms with van der Waals surface area (Å²) in [5.74, 6) is -0.235. The zero-order valence-corrected chi connectivity index (χ0v) is 8.99. The maximum atomic E-state index is 11.2. The fourth-order valence-electron chi connectivity index (χ4n) is 0.815. The van der Waals surface area contributed by atoms with Crippen molar-refractivity contribution in [3.63, 3.8) is 0 Å². The lowest BCUT2D eigenvalue weighted by atomic mass is 10.4. The van der Waals surface area contributed by atoms with Gasteiger partial charge in [0.05, 0.1) is 0 Å². The van der Waals surface area contributed by atoms with Gasteiger partial charge in [0.25, 0.3) is 5.91 Å². The van der Waals surface area contributed by atoms with E-state index >= 15 is 0 Å². The molecule has 0 spiro atoms. The van der Waals surface area contributed by atoms with Crippen molar-refractivity contribution in [2.45, 2.75) is 6.92 Å². The van der Waals surface area contributed by atoms with Crippen LogP contribution in [0.5, 0.6) is 0 Å². The highest BCUT2D eigenvalue weighted by Crippen LogP contribution is 1.87. The van der Waals surface area contributed by atoms with Gasteiger partial charge in [-0.2, -0.15) is 4.99 Å². The zero-order chi connectivity index (χ0) is 10.4. The van der Waals surface area contributed by atoms with E-state index in [4.69, 9.17) is 0 Å². The molecule has 74 valence electrons. The van der Waals surface area contributed by atoms with Crippen LogP contribution in [0.2, 0.25) is 0 Å². The minimum Gasteiger partial charge on any atom is -0.327 e. The van der Waals surface area contributed by atoms with Crippen molar-refractivity contribution in [3.05, 3.63) is 40.7 Å². The smallest absolute Gasteiger partial charge is 0.272 e. The summed E-state index contributed by atoms with van der Waals surface area (Å²) >= 11 is 1.44. The summed E-state index contributed by atoms with van der Waals surface area (Å²) in [5, 5.41) is 1.89. The van der Waals surface area contributed by atoms with E-state index < -0.39 is 0 Å². The average molecular weight is 208 g/mol. The first kappa shape index (κ1) is 10.7. The number of carbonyl (C=O) groups is 1. The Kier molecular flexibility index (Phi) is 4.07. The number of nitrogens with zero attached hydrogens (tertiary/aromatic N) is 2. The number of allylic oxidation sites excluding steroid dienone is 3. The number of hydrogen-bond acceptors (Lipinski definition) is 2. The van der Waals surface area contributed by atoms with Gasteiger partial charge in [0, 0.05) is 24.7 Å². The van der Waals surface area contributed by atoms with Crippen LogP contribution < -0.4 is 4.80 Å². The molecule has 0 radical (unpaired) electrons. The number of hydrogen-bond donors (Lipinski definition) is 0. The maximum Gasteiger partial charge on any atom is 0.272 e. The molecule has 0 N–H and O–H groups in total. The molecule has 0 aliphatic rings. The fourth-order valence-corrected chi connectivity index (χ4v) is 1.55. The molecular formula is C10H12N2OS. The van der Waals surface area contributed by atoms with Crippen LogP contribution in [-0.2, 0) is 11.8 Å². The van der Waals surface area contributed by atoms with Gasteiger partial charge in [0.15, 0.2) is 4.80 Å². The summed E-state index contributed by atoms with van der Waals surface area (Å²) < 4.78 is 1.81. The number of aromatic nitrogens is 1. The Bertz CT molecular complexity index is 423. The van der Waals surface area contributed by atoms with E-state index in [-0.39, 0.29) is 5.91 Å². The van der Waals surface area contributed by atoms with E-state index in [9.17, 15) is 4.79 Å². The molecule has 1 aromatic heterocycles. The molecule has 0 saturated heterocycles. The van der Waals surface area contributed by atoms with E-state index in [1.54, 1.807) is 12.2 Å². The predicted octanol–water partition coefficient (Wildman–Crippen LogP) is 1.65. The topological polar surface area (TPSA) is 34.4 Å². The van der Waals surface area contributed by atoms with Crippen molar-refractivity contribution in [3.8, 4) is 0 Å². The van der Waals surface area contributed by atoms with Gasteiger partial charge in [-0.3, -0.25) is 4.79 Å². The van der Waals surface area contributed by atoms with Crippen molar-refractivity contribution < 1.29 is 4.79 Å². The Morgan fingerprint density at radius 2 is 2.36 bits per heavy atom. The van der Waals surface area contributed by atoms with Crippen molar-refractivity contribution in [1.82, 2.24) is 4.57 Å². The van der Waals surface area contributed by atoms with E-state index in [0.29, 0.717) is 4.80 Å². The molecule has 1 rings (SSSR count). The molecule has 0 fully saturated rings. The summed E-state index contributed by atoms with van der Waals surface area (Å²) in [5.41, 5.74) is 0. The fraction of sp³-hybridized carbons (Fsp3) is 0.200. The molecule has 14 heavy (non-hydrogen) atoms. The van der Waals surface area contributed by atoms with Crippen molar-refractivity contribution in [1.29, 1.82) is 0 Å². The monoisotopic (exact) mass is 208 g/mol. The number of rotatable bonds is 2. The molecule has 4 heteroatoms. The third kappa shape index (κ3) is 3.14. The van der Waals surface area contributed by atoms with Crippen LogP contribution in [0.1, 0.15) is 6.92 Å². The van der Waals surface area contributed by atoms with Crippen LogP contribution >= 0.6 is 11.3 Å². The van der Waals surface area contributed by atoms with Crippen LogP contribution in [0.15, 0.2) is 40.9 Å². The molecule has 0 saturated carbocycles. The highest BCUT2D eigenvalue weighted by molar-refractivity contribution is 7.07. The molecule has 0 aromatic carbocycles. The molecule has 1 amide bonds. The Morgan fingerprint density at radius 3 is 2.93 bits per heavy atom. The van der Waals surface area contributed by atoms with Crippen LogP contribution in [-0.4, -0.2) is 10.5 Å². The Hall–Kier alpha value is -1.42. The highest BCUT2D eigenvalue weighted by atomic mass is 32.1. The second-order valence-corrected chi connectivity index (χ2v) is 3.50. The second-order valence-electron chi connectivity index (χ2n) is 2.63. The zero-order valence-electron chi connectivity index (χ0n) is 8.18. The number of aryl methyl sites for hydroxylation is 1. The van der Waals surface area contributed by atoms with Crippen LogP contribution in [0.25, 0.3) is 0 Å². The largest absolute Gasteiger partial charge is 0.327 e. The first-order valence-corrected chi connectivity index (χ1v) is 5.10. The lowest BCUT2D eigenvalue weighted by Crippen LogP contribution is -2.11. The lowest BCUT2D eigenvalue weighted by molar-refractivity contribution is -0.113. The molecule has 0 bridgehead atoms. The van der Waals surface area contributed by atoms with E-state index in [0.717, 1.165) is 0 Å². The maximum absolute atomic E-state index is 11.2. The van der Waals surface area contributed by atoms with Crippen molar-refractivity contribution in [2.75, 3.05) is 0 Å². The van der Waals surface area contributed by atoms with Gasteiger partial charge < -0.3 is 4.57 Å². The summed E-state index contributed by atoms with van der Waals surface area (Å²) in [4.78, 5) is 15.9. The molecule has 1 heterocycles. The van der Waals surface area contributed by atoms with E-state index in [1.807, 2.05) is 36.2 Å². The SMILES string of the molecule is C/C=C/C=C/C(=O)N=c1sccn1C. The second kappa shape index (κ2) is 5.34. The highest BCUT2D eigenvalue weighted by Gasteiger charge is 1.92. The van der Waals surface area contributed by atoms with E-state index in [2.05, 4.69) is 4.99 Å². The molecule has 0 unspecified atom stereocenters. The van der Waals surface area contributed by atoms with Gasteiger partial charge in [-0.15, -0.1) is 11.3 Å². The third-order valence-corrected chi connectivity index (χ3v) is 2.36. The van der Waals surface area contributed by atoms with Crippen molar-refractivity contribution >= 4 is 17.2 Å². The average Bonchev–Trinajstić information content (AvgIpc) is 2.52. The van der Waals surface area contributed by atoms with Gasteiger partial charge in [-0.25, -0.2) is 0 Å².